The van der Waals surface area contributed by atoms with Gasteiger partial charge in [0, 0.05) is 6.04 Å². The van der Waals surface area contributed by atoms with Crippen LogP contribution in [0.1, 0.15) is 19.8 Å². The second kappa shape index (κ2) is 6.29. The van der Waals surface area contributed by atoms with E-state index in [9.17, 15) is 9.59 Å². The molecule has 0 radical (unpaired) electrons. The van der Waals surface area contributed by atoms with Gasteiger partial charge < -0.3 is 5.73 Å². The van der Waals surface area contributed by atoms with Crippen molar-refractivity contribution in [2.75, 3.05) is 0 Å². The molecule has 0 spiro atoms. The number of carbonyl (C=O) groups excluding carboxylic acids is 2. The molecule has 20 heavy (non-hydrogen) atoms. The molecular weight excluding hydrogens is 256 g/mol. The first kappa shape index (κ1) is 14.2. The summed E-state index contributed by atoms with van der Waals surface area (Å²) in [7, 11) is 0. The Labute approximate surface area is 117 Å². The Morgan fingerprint density at radius 2 is 1.95 bits per heavy atom. The second-order valence-corrected chi connectivity index (χ2v) is 4.88. The summed E-state index contributed by atoms with van der Waals surface area (Å²) in [5.41, 5.74) is 6.42. The van der Waals surface area contributed by atoms with Gasteiger partial charge in [0.25, 0.3) is 0 Å². The lowest BCUT2D eigenvalue weighted by atomic mass is 9.97. The van der Waals surface area contributed by atoms with E-state index in [1.54, 1.807) is 0 Å². The van der Waals surface area contributed by atoms with E-state index in [0.29, 0.717) is 24.4 Å². The lowest BCUT2D eigenvalue weighted by molar-refractivity contribution is -0.122. The Morgan fingerprint density at radius 3 is 2.60 bits per heavy atom. The number of hydrogen-bond acceptors (Lipinski definition) is 4. The molecule has 4 N–H and O–H groups in total. The van der Waals surface area contributed by atoms with E-state index in [-0.39, 0.29) is 11.9 Å². The minimum atomic E-state index is -0.540. The van der Waals surface area contributed by atoms with E-state index < -0.39 is 11.9 Å². The lowest BCUT2D eigenvalue weighted by Gasteiger charge is -2.24. The normalized spacial score (nSPS) is 22.3. The van der Waals surface area contributed by atoms with Gasteiger partial charge in [-0.05, 0) is 31.9 Å². The molecule has 1 saturated heterocycles. The van der Waals surface area contributed by atoms with Crippen molar-refractivity contribution in [3.63, 3.8) is 0 Å². The molecule has 0 aliphatic carbocycles. The van der Waals surface area contributed by atoms with Crippen molar-refractivity contribution in [3.05, 3.63) is 30.3 Å². The van der Waals surface area contributed by atoms with Crippen molar-refractivity contribution in [1.29, 1.82) is 0 Å². The highest BCUT2D eigenvalue weighted by Crippen LogP contribution is 2.17. The van der Waals surface area contributed by atoms with Gasteiger partial charge in [-0.3, -0.25) is 15.4 Å². The molecule has 1 heterocycles. The van der Waals surface area contributed by atoms with Crippen LogP contribution in [0, 0.1) is 5.92 Å². The van der Waals surface area contributed by atoms with Crippen LogP contribution >= 0.6 is 0 Å². The summed E-state index contributed by atoms with van der Waals surface area (Å²) >= 11 is 0. The van der Waals surface area contributed by atoms with Gasteiger partial charge in [-0.15, -0.1) is 0 Å². The Morgan fingerprint density at radius 1 is 1.25 bits per heavy atom. The van der Waals surface area contributed by atoms with Crippen LogP contribution in [0.3, 0.4) is 0 Å². The third-order valence-corrected chi connectivity index (χ3v) is 3.04. The number of para-hydroxylation sites is 1. The minimum Gasteiger partial charge on any atom is -0.328 e. The van der Waals surface area contributed by atoms with Gasteiger partial charge in [-0.1, -0.05) is 18.2 Å². The largest absolute Gasteiger partial charge is 0.328 e. The van der Waals surface area contributed by atoms with Crippen LogP contribution in [0.25, 0.3) is 0 Å². The van der Waals surface area contributed by atoms with Gasteiger partial charge >= 0.3 is 6.03 Å². The predicted octanol–water partition coefficient (Wildman–Crippen LogP) is 1.30. The van der Waals surface area contributed by atoms with Crippen molar-refractivity contribution in [3.8, 4) is 0 Å². The molecule has 2 rings (SSSR count). The zero-order valence-corrected chi connectivity index (χ0v) is 11.3. The number of aliphatic imine (C=N–C) groups is 1. The molecule has 0 aromatic heterocycles. The van der Waals surface area contributed by atoms with E-state index in [2.05, 4.69) is 15.6 Å². The molecule has 1 aromatic rings. The summed E-state index contributed by atoms with van der Waals surface area (Å²) in [5.74, 6) is -0.423. The molecule has 106 valence electrons. The van der Waals surface area contributed by atoms with Crippen LogP contribution in [-0.2, 0) is 4.79 Å². The van der Waals surface area contributed by atoms with E-state index in [4.69, 9.17) is 5.73 Å². The monoisotopic (exact) mass is 274 g/mol. The number of nitrogens with two attached hydrogens (primary N) is 1. The van der Waals surface area contributed by atoms with Gasteiger partial charge in [0.15, 0.2) is 0 Å². The SMILES string of the molecule is CC(N)CCC1C(=O)NC(=O)NC1=Nc1ccccc1. The van der Waals surface area contributed by atoms with Crippen molar-refractivity contribution >= 4 is 23.5 Å². The first-order valence-corrected chi connectivity index (χ1v) is 6.57. The van der Waals surface area contributed by atoms with Gasteiger partial charge in [-0.2, -0.15) is 0 Å². The van der Waals surface area contributed by atoms with E-state index in [1.807, 2.05) is 37.3 Å². The summed E-state index contributed by atoms with van der Waals surface area (Å²) < 4.78 is 0. The van der Waals surface area contributed by atoms with Crippen LogP contribution in [0.4, 0.5) is 10.5 Å². The molecule has 2 atom stereocenters. The van der Waals surface area contributed by atoms with Gasteiger partial charge in [0.05, 0.1) is 11.6 Å². The van der Waals surface area contributed by atoms with E-state index in [0.717, 1.165) is 0 Å². The fourth-order valence-corrected chi connectivity index (χ4v) is 2.00. The Kier molecular flexibility index (Phi) is 4.47. The van der Waals surface area contributed by atoms with Gasteiger partial charge in [0.1, 0.15) is 5.84 Å². The van der Waals surface area contributed by atoms with Crippen LogP contribution in [0.15, 0.2) is 35.3 Å². The highest BCUT2D eigenvalue weighted by atomic mass is 16.2. The zero-order valence-electron chi connectivity index (χ0n) is 11.3. The summed E-state index contributed by atoms with van der Waals surface area (Å²) in [6.07, 6.45) is 1.23. The smallest absolute Gasteiger partial charge is 0.326 e. The third-order valence-electron chi connectivity index (χ3n) is 3.04. The number of hydrogen-bond donors (Lipinski definition) is 3. The van der Waals surface area contributed by atoms with Crippen LogP contribution in [0.2, 0.25) is 0 Å². The predicted molar refractivity (Wildman–Crippen MR) is 76.6 cm³/mol. The Bertz CT molecular complexity index is 525. The molecule has 0 bridgehead atoms. The molecule has 1 fully saturated rings. The fraction of sp³-hybridized carbons (Fsp3) is 0.357. The molecule has 1 aliphatic rings. The van der Waals surface area contributed by atoms with Crippen LogP contribution in [0.5, 0.6) is 0 Å². The summed E-state index contributed by atoms with van der Waals surface area (Å²) in [5, 5.41) is 4.87. The number of carbonyl (C=O) groups is 2. The van der Waals surface area contributed by atoms with Crippen molar-refractivity contribution in [2.45, 2.75) is 25.8 Å². The molecule has 6 nitrogen and oxygen atoms in total. The number of rotatable bonds is 4. The third kappa shape index (κ3) is 3.64. The van der Waals surface area contributed by atoms with Crippen molar-refractivity contribution in [1.82, 2.24) is 10.6 Å². The maximum Gasteiger partial charge on any atom is 0.326 e. The Hall–Kier alpha value is -2.21. The zero-order chi connectivity index (χ0) is 14.5. The standard InChI is InChI=1S/C14H18N4O2/c1-9(15)7-8-11-12(17-14(20)18-13(11)19)16-10-5-3-2-4-6-10/h2-6,9,11H,7-8,15H2,1H3,(H2,16,17,18,19,20). The fourth-order valence-electron chi connectivity index (χ4n) is 2.00. The molecule has 1 aliphatic heterocycles. The summed E-state index contributed by atoms with van der Waals surface area (Å²) in [6.45, 7) is 1.88. The summed E-state index contributed by atoms with van der Waals surface area (Å²) in [4.78, 5) is 27.7. The average molecular weight is 274 g/mol. The topological polar surface area (TPSA) is 96.6 Å². The molecule has 1 aromatic carbocycles. The second-order valence-electron chi connectivity index (χ2n) is 4.88. The molecule has 2 unspecified atom stereocenters. The summed E-state index contributed by atoms with van der Waals surface area (Å²) in [6, 6.07) is 8.66. The maximum atomic E-state index is 11.9. The number of benzene rings is 1. The molecule has 0 saturated carbocycles. The van der Waals surface area contributed by atoms with Crippen molar-refractivity contribution in [2.24, 2.45) is 16.6 Å². The highest BCUT2D eigenvalue weighted by molar-refractivity contribution is 6.18. The van der Waals surface area contributed by atoms with Gasteiger partial charge in [0.2, 0.25) is 5.91 Å². The number of amides is 3. The number of nitrogens with one attached hydrogen (secondary N) is 2. The van der Waals surface area contributed by atoms with Crippen molar-refractivity contribution < 1.29 is 9.59 Å². The maximum absolute atomic E-state index is 11.9. The molecule has 3 amide bonds. The highest BCUT2D eigenvalue weighted by Gasteiger charge is 2.32. The Balaban J connectivity index is 2.22. The number of imide groups is 1. The number of urea groups is 1. The van der Waals surface area contributed by atoms with Gasteiger partial charge in [-0.25, -0.2) is 9.79 Å². The quantitative estimate of drug-likeness (QED) is 0.772. The first-order valence-electron chi connectivity index (χ1n) is 6.57. The van der Waals surface area contributed by atoms with E-state index in [1.165, 1.54) is 0 Å². The number of amidine groups is 1. The average Bonchev–Trinajstić information content (AvgIpc) is 2.38. The lowest BCUT2D eigenvalue weighted by Crippen LogP contribution is -2.55. The van der Waals surface area contributed by atoms with Crippen LogP contribution < -0.4 is 16.4 Å². The number of nitrogens with zero attached hydrogens (tertiary/aromatic N) is 1. The van der Waals surface area contributed by atoms with Crippen LogP contribution in [-0.4, -0.2) is 23.8 Å². The minimum absolute atomic E-state index is 0.00148. The molecule has 6 heteroatoms. The first-order chi connectivity index (χ1) is 9.56. The van der Waals surface area contributed by atoms with E-state index >= 15 is 0 Å². The molecular formula is C14H18N4O2.